The van der Waals surface area contributed by atoms with Crippen molar-refractivity contribution in [2.75, 3.05) is 11.9 Å². The summed E-state index contributed by atoms with van der Waals surface area (Å²) in [6.45, 7) is 3.45. The number of ether oxygens (including phenoxy) is 1. The Kier molecular flexibility index (Phi) is 5.24. The van der Waals surface area contributed by atoms with Gasteiger partial charge in [-0.15, -0.1) is 0 Å². The van der Waals surface area contributed by atoms with Crippen molar-refractivity contribution in [2.24, 2.45) is 0 Å². The zero-order valence-electron chi connectivity index (χ0n) is 12.9. The fourth-order valence-corrected chi connectivity index (χ4v) is 1.96. The third kappa shape index (κ3) is 4.26. The molecular formula is C16H17N3O4. The number of anilines is 1. The lowest BCUT2D eigenvalue weighted by molar-refractivity contribution is -0.116. The topological polar surface area (TPSA) is 90.3 Å². The molecule has 7 nitrogen and oxygen atoms in total. The minimum Gasteiger partial charge on any atom is -0.462 e. The van der Waals surface area contributed by atoms with Gasteiger partial charge in [-0.3, -0.25) is 14.2 Å². The van der Waals surface area contributed by atoms with Crippen LogP contribution in [0.2, 0.25) is 0 Å². The van der Waals surface area contributed by atoms with E-state index in [4.69, 9.17) is 4.74 Å². The summed E-state index contributed by atoms with van der Waals surface area (Å²) in [5.41, 5.74) is 0.867. The van der Waals surface area contributed by atoms with Gasteiger partial charge in [0, 0.05) is 11.8 Å². The molecule has 23 heavy (non-hydrogen) atoms. The van der Waals surface area contributed by atoms with Crippen molar-refractivity contribution in [1.29, 1.82) is 0 Å². The lowest BCUT2D eigenvalue weighted by atomic mass is 10.2. The lowest BCUT2D eigenvalue weighted by Gasteiger charge is -2.11. The summed E-state index contributed by atoms with van der Waals surface area (Å²) in [5, 5.41) is 2.61. The maximum absolute atomic E-state index is 12.1. The maximum Gasteiger partial charge on any atom is 0.340 e. The highest BCUT2D eigenvalue weighted by Crippen LogP contribution is 2.16. The highest BCUT2D eigenvalue weighted by molar-refractivity contribution is 6.01. The van der Waals surface area contributed by atoms with Crippen molar-refractivity contribution in [3.63, 3.8) is 0 Å². The third-order valence-electron chi connectivity index (χ3n) is 3.03. The average molecular weight is 315 g/mol. The largest absolute Gasteiger partial charge is 0.462 e. The number of nitrogens with zero attached hydrogens (tertiary/aromatic N) is 2. The Morgan fingerprint density at radius 2 is 2.04 bits per heavy atom. The maximum atomic E-state index is 12.1. The zero-order valence-corrected chi connectivity index (χ0v) is 12.9. The van der Waals surface area contributed by atoms with Gasteiger partial charge in [-0.1, -0.05) is 12.1 Å². The van der Waals surface area contributed by atoms with Gasteiger partial charge in [0.05, 0.1) is 24.2 Å². The first kappa shape index (κ1) is 16.4. The molecule has 0 radical (unpaired) electrons. The lowest BCUT2D eigenvalue weighted by Crippen LogP contribution is -2.28. The second-order valence-corrected chi connectivity index (χ2v) is 4.81. The quantitative estimate of drug-likeness (QED) is 0.842. The molecule has 2 aromatic rings. The van der Waals surface area contributed by atoms with E-state index in [0.717, 1.165) is 0 Å². The smallest absolute Gasteiger partial charge is 0.340 e. The predicted molar refractivity (Wildman–Crippen MR) is 84.3 cm³/mol. The molecule has 0 aliphatic rings. The Hall–Kier alpha value is -2.96. The van der Waals surface area contributed by atoms with Crippen LogP contribution in [0.1, 0.15) is 23.0 Å². The van der Waals surface area contributed by atoms with Gasteiger partial charge in [0.1, 0.15) is 6.54 Å². The second-order valence-electron chi connectivity index (χ2n) is 4.81. The molecule has 0 saturated heterocycles. The molecule has 1 aromatic heterocycles. The van der Waals surface area contributed by atoms with Gasteiger partial charge in [-0.25, -0.2) is 9.78 Å². The number of hydrogen-bond donors (Lipinski definition) is 1. The van der Waals surface area contributed by atoms with Crippen molar-refractivity contribution in [2.45, 2.75) is 20.4 Å². The van der Waals surface area contributed by atoms with Crippen LogP contribution in [-0.2, 0) is 16.1 Å². The van der Waals surface area contributed by atoms with Gasteiger partial charge in [-0.2, -0.15) is 0 Å². The van der Waals surface area contributed by atoms with Crippen LogP contribution in [0.3, 0.4) is 0 Å². The standard InChI is InChI=1S/C16H17N3O4/c1-3-23-16(22)12-6-4-5-7-13(12)18-14(20)9-19-10-17-11(2)8-15(19)21/h4-8,10H,3,9H2,1-2H3,(H,18,20). The molecule has 1 aromatic carbocycles. The van der Waals surface area contributed by atoms with E-state index in [2.05, 4.69) is 10.3 Å². The van der Waals surface area contributed by atoms with Gasteiger partial charge in [0.2, 0.25) is 5.91 Å². The van der Waals surface area contributed by atoms with Crippen molar-refractivity contribution in [3.8, 4) is 0 Å². The summed E-state index contributed by atoms with van der Waals surface area (Å²) in [6.07, 6.45) is 1.31. The molecule has 2 rings (SSSR count). The summed E-state index contributed by atoms with van der Waals surface area (Å²) >= 11 is 0. The molecule has 1 amide bonds. The first-order chi connectivity index (χ1) is 11.0. The van der Waals surface area contributed by atoms with Gasteiger partial charge < -0.3 is 10.1 Å². The fourth-order valence-electron chi connectivity index (χ4n) is 1.96. The Labute approximate surface area is 132 Å². The van der Waals surface area contributed by atoms with E-state index >= 15 is 0 Å². The molecule has 1 heterocycles. The van der Waals surface area contributed by atoms with E-state index in [1.165, 1.54) is 17.0 Å². The van der Waals surface area contributed by atoms with Gasteiger partial charge in [0.15, 0.2) is 0 Å². The number of aryl methyl sites for hydroxylation is 1. The van der Waals surface area contributed by atoms with E-state index in [1.54, 1.807) is 38.1 Å². The molecule has 0 unspecified atom stereocenters. The van der Waals surface area contributed by atoms with Crippen molar-refractivity contribution >= 4 is 17.6 Å². The van der Waals surface area contributed by atoms with E-state index in [-0.39, 0.29) is 24.3 Å². The zero-order chi connectivity index (χ0) is 16.8. The number of carbonyl (C=O) groups excluding carboxylic acids is 2. The number of benzene rings is 1. The summed E-state index contributed by atoms with van der Waals surface area (Å²) in [7, 11) is 0. The van der Waals surface area contributed by atoms with E-state index in [1.807, 2.05) is 0 Å². The Bertz CT molecular complexity index is 783. The SMILES string of the molecule is CCOC(=O)c1ccccc1NC(=O)Cn1cnc(C)cc1=O. The number of nitrogens with one attached hydrogen (secondary N) is 1. The van der Waals surface area contributed by atoms with E-state index in [0.29, 0.717) is 11.4 Å². The molecule has 0 saturated carbocycles. The summed E-state index contributed by atoms with van der Waals surface area (Å²) in [4.78, 5) is 39.7. The molecule has 1 N–H and O–H groups in total. The predicted octanol–water partition coefficient (Wildman–Crippen LogP) is 1.37. The minimum atomic E-state index is -0.516. The van der Waals surface area contributed by atoms with Crippen LogP contribution >= 0.6 is 0 Å². The number of hydrogen-bond acceptors (Lipinski definition) is 5. The van der Waals surface area contributed by atoms with E-state index in [9.17, 15) is 14.4 Å². The fraction of sp³-hybridized carbons (Fsp3) is 0.250. The summed E-state index contributed by atoms with van der Waals surface area (Å²) < 4.78 is 6.14. The van der Waals surface area contributed by atoms with Gasteiger partial charge in [-0.05, 0) is 26.0 Å². The first-order valence-electron chi connectivity index (χ1n) is 7.10. The highest BCUT2D eigenvalue weighted by Gasteiger charge is 2.14. The molecule has 120 valence electrons. The number of rotatable bonds is 5. The van der Waals surface area contributed by atoms with Crippen LogP contribution in [0.5, 0.6) is 0 Å². The Morgan fingerprint density at radius 1 is 1.30 bits per heavy atom. The molecule has 0 fully saturated rings. The van der Waals surface area contributed by atoms with Crippen LogP contribution in [0.4, 0.5) is 5.69 Å². The van der Waals surface area contributed by atoms with E-state index < -0.39 is 11.9 Å². The van der Waals surface area contributed by atoms with Crippen molar-refractivity contribution in [1.82, 2.24) is 9.55 Å². The molecule has 0 spiro atoms. The number of para-hydroxylation sites is 1. The van der Waals surface area contributed by atoms with Gasteiger partial charge >= 0.3 is 5.97 Å². The Balaban J connectivity index is 2.14. The molecule has 0 aliphatic heterocycles. The second kappa shape index (κ2) is 7.35. The number of aromatic nitrogens is 2. The van der Waals surface area contributed by atoms with Crippen LogP contribution in [-0.4, -0.2) is 28.0 Å². The third-order valence-corrected chi connectivity index (χ3v) is 3.03. The average Bonchev–Trinajstić information content (AvgIpc) is 2.51. The highest BCUT2D eigenvalue weighted by atomic mass is 16.5. The van der Waals surface area contributed by atoms with Crippen molar-refractivity contribution < 1.29 is 14.3 Å². The number of esters is 1. The molecule has 7 heteroatoms. The summed E-state index contributed by atoms with van der Waals surface area (Å²) in [6, 6.07) is 7.88. The molecule has 0 atom stereocenters. The monoisotopic (exact) mass is 315 g/mol. The number of amides is 1. The van der Waals surface area contributed by atoms with Crippen LogP contribution in [0.15, 0.2) is 41.5 Å². The number of carbonyl (C=O) groups is 2. The van der Waals surface area contributed by atoms with Crippen LogP contribution in [0, 0.1) is 6.92 Å². The Morgan fingerprint density at radius 3 is 2.74 bits per heavy atom. The van der Waals surface area contributed by atoms with Crippen LogP contribution < -0.4 is 10.9 Å². The molecular weight excluding hydrogens is 298 g/mol. The summed E-state index contributed by atoms with van der Waals surface area (Å²) in [5.74, 6) is -0.952. The van der Waals surface area contributed by atoms with Crippen LogP contribution in [0.25, 0.3) is 0 Å². The van der Waals surface area contributed by atoms with Crippen molar-refractivity contribution in [3.05, 3.63) is 58.3 Å². The minimum absolute atomic E-state index is 0.191. The van der Waals surface area contributed by atoms with Gasteiger partial charge in [0.25, 0.3) is 5.56 Å². The molecule has 0 bridgehead atoms. The first-order valence-corrected chi connectivity index (χ1v) is 7.10. The normalized spacial score (nSPS) is 10.2. The molecule has 0 aliphatic carbocycles.